The molecule has 24 heteroatoms. The zero-order chi connectivity index (χ0) is 68.7. The van der Waals surface area contributed by atoms with Gasteiger partial charge in [-0.05, 0) is 123 Å². The highest BCUT2D eigenvalue weighted by Gasteiger charge is 2.49. The molecule has 7 N–H and O–H groups in total. The molecule has 4 aliphatic rings. The molecular weight excluding hydrogens is 1230 g/mol. The molecule has 3 heterocycles. The Bertz CT molecular complexity index is 3610. The van der Waals surface area contributed by atoms with Gasteiger partial charge in [0.15, 0.2) is 0 Å². The van der Waals surface area contributed by atoms with Crippen LogP contribution in [0.5, 0.6) is 5.75 Å². The topological polar surface area (TPSA) is 308 Å². The molecule has 9 amide bonds. The van der Waals surface area contributed by atoms with Crippen LogP contribution in [0.2, 0.25) is 0 Å². The minimum Gasteiger partial charge on any atom is -0.497 e. The van der Waals surface area contributed by atoms with Crippen molar-refractivity contribution in [2.45, 2.75) is 153 Å². The summed E-state index contributed by atoms with van der Waals surface area (Å²) in [4.78, 5) is 143. The summed E-state index contributed by atoms with van der Waals surface area (Å²) in [6.45, 7) is 8.11. The third-order valence-corrected chi connectivity index (χ3v) is 17.8. The van der Waals surface area contributed by atoms with Crippen molar-refractivity contribution in [2.75, 3.05) is 53.6 Å². The molecule has 0 unspecified atom stereocenters. The van der Waals surface area contributed by atoms with Crippen LogP contribution in [0.25, 0.3) is 11.1 Å². The lowest BCUT2D eigenvalue weighted by atomic mass is 9.95. The van der Waals surface area contributed by atoms with E-state index in [9.17, 15) is 33.6 Å². The van der Waals surface area contributed by atoms with Crippen molar-refractivity contribution in [3.63, 3.8) is 0 Å². The summed E-state index contributed by atoms with van der Waals surface area (Å²) >= 11 is 0. The highest BCUT2D eigenvalue weighted by atomic mass is 16.5. The number of esters is 1. The van der Waals surface area contributed by atoms with E-state index in [1.807, 2.05) is 72.8 Å². The molecule has 2 fully saturated rings. The zero-order valence-electron chi connectivity index (χ0n) is 55.4. The van der Waals surface area contributed by atoms with Gasteiger partial charge in [-0.25, -0.2) is 4.79 Å². The molecular formula is C72H87N9O15. The fraction of sp³-hybridized carbons (Fsp3) is 0.444. The summed E-state index contributed by atoms with van der Waals surface area (Å²) in [6, 6.07) is 31.8. The Morgan fingerprint density at radius 3 is 2.12 bits per heavy atom. The number of nitrogens with one attached hydrogen (secondary N) is 7. The maximum absolute atomic E-state index is 15.3. The lowest BCUT2D eigenvalue weighted by molar-refractivity contribution is -0.149. The molecule has 5 aromatic carbocycles. The Balaban J connectivity index is 0.903. The van der Waals surface area contributed by atoms with Gasteiger partial charge in [-0.2, -0.15) is 0 Å². The first-order chi connectivity index (χ1) is 46.0. The summed E-state index contributed by atoms with van der Waals surface area (Å²) < 4.78 is 28.4. The minimum atomic E-state index is -1.54. The van der Waals surface area contributed by atoms with Gasteiger partial charge >= 0.3 is 12.1 Å². The first-order valence-corrected chi connectivity index (χ1v) is 32.6. The van der Waals surface area contributed by atoms with Crippen molar-refractivity contribution in [1.82, 2.24) is 47.0 Å². The number of amides is 9. The van der Waals surface area contributed by atoms with E-state index in [4.69, 9.17) is 18.9 Å². The number of carbonyl (C=O) groups excluding carboxylic acids is 10. The van der Waals surface area contributed by atoms with E-state index in [0.717, 1.165) is 33.4 Å². The van der Waals surface area contributed by atoms with Crippen molar-refractivity contribution < 1.29 is 71.6 Å². The standard InChI is InChI=1S/C72H87N9O15/c1-44(96-71(2,3)4)63(66(87)77-57(37-46-24-26-50(92-6)27-25-46)68(89)81-34-13-32-72(81,5)69(90)73-33-30-45-20-22-47(23-21-45)39-74-59(82)28-29-62(85)93-7)79-67(88)64-58-31-35-80(64)61(84)41-76-65(86)56(38-48-14-12-15-49(36-48)40-75-60(83)43-94-58)78-70(91)95-42-55-53-18-10-8-16-51(53)52-17-9-11-19-54(52)55/h8-12,14-27,36,44,55-58,63-64H,13,28-35,37-43H2,1-7H3,(H,73,90)(H,74,82)(H,75,83)(H,76,86)(H,77,87)(H,78,91)(H,79,88)/t44-,56+,57+,58+,63+,64+,72+/m1/s1. The highest BCUT2D eigenvalue weighted by Crippen LogP contribution is 2.44. The van der Waals surface area contributed by atoms with Gasteiger partial charge in [0.05, 0.1) is 45.0 Å². The SMILES string of the molecule is COC(=O)CCC(=O)NCc1ccc(CCNC(=O)[C@]2(C)CCCN2C(=O)[C@H](Cc2ccc(OC)cc2)NC(=O)[C@@H](NC(=O)[C@@H]2[C@@H]3CCN2C(=O)CNC(=O)[C@@H](NC(=O)OCC2c4ccccc4-c4ccccc42)Cc2cccc(c2)CNC(=O)CO3)[C@@H](C)OC(C)(C)C)cc1. The summed E-state index contributed by atoms with van der Waals surface area (Å²) in [6.07, 6.45) is -1.82. The maximum atomic E-state index is 15.3. The number of fused-ring (bicyclic) bond motifs is 7. The third kappa shape index (κ3) is 18.2. The van der Waals surface area contributed by atoms with E-state index in [1.165, 1.54) is 24.0 Å². The Morgan fingerprint density at radius 1 is 0.760 bits per heavy atom. The van der Waals surface area contributed by atoms with Crippen molar-refractivity contribution >= 4 is 59.3 Å². The first-order valence-electron chi connectivity index (χ1n) is 32.6. The van der Waals surface area contributed by atoms with E-state index < -0.39 is 114 Å². The van der Waals surface area contributed by atoms with Crippen LogP contribution in [-0.2, 0) is 94.5 Å². The first kappa shape index (κ1) is 70.6. The van der Waals surface area contributed by atoms with E-state index >= 15 is 14.4 Å². The smallest absolute Gasteiger partial charge is 0.407 e. The van der Waals surface area contributed by atoms with E-state index in [-0.39, 0.29) is 83.3 Å². The van der Waals surface area contributed by atoms with Crippen LogP contribution in [0.15, 0.2) is 121 Å². The van der Waals surface area contributed by atoms with E-state index in [1.54, 1.807) is 83.1 Å². The quantitative estimate of drug-likeness (QED) is 0.0466. The van der Waals surface area contributed by atoms with Gasteiger partial charge in [0.2, 0.25) is 47.3 Å². The number of rotatable bonds is 22. The molecule has 5 aromatic rings. The zero-order valence-corrected chi connectivity index (χ0v) is 55.4. The predicted molar refractivity (Wildman–Crippen MR) is 353 cm³/mol. The van der Waals surface area contributed by atoms with Gasteiger partial charge in [-0.15, -0.1) is 0 Å². The van der Waals surface area contributed by atoms with Gasteiger partial charge in [0, 0.05) is 57.9 Å². The lowest BCUT2D eigenvalue weighted by Gasteiger charge is -2.37. The van der Waals surface area contributed by atoms with Gasteiger partial charge in [0.1, 0.15) is 48.7 Å². The van der Waals surface area contributed by atoms with Crippen LogP contribution in [0.1, 0.15) is 112 Å². The van der Waals surface area contributed by atoms with Gasteiger partial charge in [0.25, 0.3) is 0 Å². The van der Waals surface area contributed by atoms with Crippen LogP contribution in [0.4, 0.5) is 4.79 Å². The molecule has 3 aliphatic heterocycles. The molecule has 7 atom stereocenters. The molecule has 4 bridgehead atoms. The Labute approximate surface area is 559 Å². The molecule has 0 aromatic heterocycles. The van der Waals surface area contributed by atoms with E-state index in [2.05, 4.69) is 42.0 Å². The molecule has 0 spiro atoms. The number of carbonyl (C=O) groups is 10. The van der Waals surface area contributed by atoms with Crippen LogP contribution in [-0.4, -0.2) is 170 Å². The Hall–Kier alpha value is -9.68. The number of likely N-dealkylation sites (tertiary alicyclic amines) is 1. The largest absolute Gasteiger partial charge is 0.497 e. The van der Waals surface area contributed by atoms with Crippen molar-refractivity contribution in [2.24, 2.45) is 0 Å². The highest BCUT2D eigenvalue weighted by molar-refractivity contribution is 5.98. The minimum absolute atomic E-state index is 0.00669. The maximum Gasteiger partial charge on any atom is 0.407 e. The monoisotopic (exact) mass is 1320 g/mol. The number of nitrogens with zero attached hydrogens (tertiary/aromatic N) is 2. The molecule has 96 heavy (non-hydrogen) atoms. The number of ether oxygens (including phenoxy) is 5. The van der Waals surface area contributed by atoms with Crippen LogP contribution in [0, 0.1) is 0 Å². The number of hydrogen-bond acceptors (Lipinski definition) is 15. The number of methoxy groups -OCH3 is 2. The second kappa shape index (κ2) is 32.2. The summed E-state index contributed by atoms with van der Waals surface area (Å²) in [5.41, 5.74) is 5.56. The normalized spacial score (nSPS) is 19.8. The summed E-state index contributed by atoms with van der Waals surface area (Å²) in [5.74, 6) is -5.06. The number of alkyl carbamates (subject to hydrolysis) is 1. The molecule has 0 radical (unpaired) electrons. The van der Waals surface area contributed by atoms with Crippen molar-refractivity contribution in [3.05, 3.63) is 160 Å². The lowest BCUT2D eigenvalue weighted by Crippen LogP contribution is -2.64. The fourth-order valence-corrected chi connectivity index (χ4v) is 12.8. The van der Waals surface area contributed by atoms with Crippen LogP contribution >= 0.6 is 0 Å². The van der Waals surface area contributed by atoms with E-state index in [0.29, 0.717) is 41.7 Å². The fourth-order valence-electron chi connectivity index (χ4n) is 12.8. The second-order valence-corrected chi connectivity index (χ2v) is 25.8. The average Bonchev–Trinajstić information content (AvgIpc) is 1.62. The molecule has 0 saturated carbocycles. The van der Waals surface area contributed by atoms with Gasteiger partial charge < -0.3 is 70.7 Å². The molecule has 510 valence electrons. The molecule has 1 aliphatic carbocycles. The predicted octanol–water partition coefficient (Wildman–Crippen LogP) is 4.60. The molecule has 2 saturated heterocycles. The van der Waals surface area contributed by atoms with Crippen molar-refractivity contribution in [3.8, 4) is 16.9 Å². The van der Waals surface area contributed by atoms with Crippen molar-refractivity contribution in [1.29, 1.82) is 0 Å². The second-order valence-electron chi connectivity index (χ2n) is 25.8. The molecule has 24 nitrogen and oxygen atoms in total. The van der Waals surface area contributed by atoms with Gasteiger partial charge in [-0.3, -0.25) is 43.2 Å². The Morgan fingerprint density at radius 2 is 1.44 bits per heavy atom. The molecule has 9 rings (SSSR count). The Kier molecular flexibility index (Phi) is 23.7. The summed E-state index contributed by atoms with van der Waals surface area (Å²) in [5, 5.41) is 19.8. The number of hydrogen-bond donors (Lipinski definition) is 7. The van der Waals surface area contributed by atoms with Crippen LogP contribution < -0.4 is 42.0 Å². The average molecular weight is 1320 g/mol. The summed E-state index contributed by atoms with van der Waals surface area (Å²) in [7, 11) is 2.78. The van der Waals surface area contributed by atoms with Crippen LogP contribution in [0.3, 0.4) is 0 Å². The number of benzene rings is 5. The third-order valence-electron chi connectivity index (χ3n) is 17.8. The van der Waals surface area contributed by atoms with Gasteiger partial charge in [-0.1, -0.05) is 109 Å².